The van der Waals surface area contributed by atoms with E-state index in [4.69, 9.17) is 0 Å². The summed E-state index contributed by atoms with van der Waals surface area (Å²) in [6.07, 6.45) is 5.85. The standard InChI is InChI=1S/C12H15N3S/c1-15-8-7-13-12(15)9-14-10-3-5-11(16-2)6-4-10/h3-8,14H,9H2,1-2H3. The van der Waals surface area contributed by atoms with Crippen molar-refractivity contribution in [2.24, 2.45) is 7.05 Å². The monoisotopic (exact) mass is 233 g/mol. The number of aromatic nitrogens is 2. The number of benzene rings is 1. The molecule has 1 aromatic carbocycles. The molecule has 16 heavy (non-hydrogen) atoms. The molecule has 0 saturated heterocycles. The van der Waals surface area contributed by atoms with Crippen LogP contribution in [0.1, 0.15) is 5.82 Å². The van der Waals surface area contributed by atoms with Gasteiger partial charge in [-0.25, -0.2) is 4.98 Å². The molecule has 1 heterocycles. The van der Waals surface area contributed by atoms with E-state index in [0.29, 0.717) is 0 Å². The Hall–Kier alpha value is -1.42. The highest BCUT2D eigenvalue weighted by Crippen LogP contribution is 2.17. The normalized spacial score (nSPS) is 10.4. The van der Waals surface area contributed by atoms with E-state index >= 15 is 0 Å². The lowest BCUT2D eigenvalue weighted by molar-refractivity contribution is 0.813. The Morgan fingerprint density at radius 1 is 1.31 bits per heavy atom. The summed E-state index contributed by atoms with van der Waals surface area (Å²) in [5.41, 5.74) is 1.13. The molecule has 2 rings (SSSR count). The van der Waals surface area contributed by atoms with Crippen LogP contribution in [0.3, 0.4) is 0 Å². The van der Waals surface area contributed by atoms with Crippen LogP contribution in [0, 0.1) is 0 Å². The van der Waals surface area contributed by atoms with Crippen molar-refractivity contribution in [3.63, 3.8) is 0 Å². The van der Waals surface area contributed by atoms with Gasteiger partial charge in [0.2, 0.25) is 0 Å². The number of nitrogens with zero attached hydrogens (tertiary/aromatic N) is 2. The molecule has 0 amide bonds. The maximum Gasteiger partial charge on any atom is 0.127 e. The molecule has 0 unspecified atom stereocenters. The van der Waals surface area contributed by atoms with Crippen molar-refractivity contribution < 1.29 is 0 Å². The molecule has 0 radical (unpaired) electrons. The first kappa shape index (κ1) is 11.1. The smallest absolute Gasteiger partial charge is 0.127 e. The van der Waals surface area contributed by atoms with Crippen molar-refractivity contribution in [3.8, 4) is 0 Å². The van der Waals surface area contributed by atoms with Crippen molar-refractivity contribution in [1.82, 2.24) is 9.55 Å². The van der Waals surface area contributed by atoms with Crippen LogP contribution in [-0.2, 0) is 13.6 Å². The van der Waals surface area contributed by atoms with Gasteiger partial charge in [0, 0.05) is 30.0 Å². The van der Waals surface area contributed by atoms with E-state index in [0.717, 1.165) is 18.1 Å². The van der Waals surface area contributed by atoms with Crippen LogP contribution < -0.4 is 5.32 Å². The van der Waals surface area contributed by atoms with E-state index in [1.807, 2.05) is 24.0 Å². The highest BCUT2D eigenvalue weighted by molar-refractivity contribution is 7.98. The summed E-state index contributed by atoms with van der Waals surface area (Å²) in [4.78, 5) is 5.54. The third kappa shape index (κ3) is 2.58. The second-order valence-electron chi connectivity index (χ2n) is 3.54. The maximum absolute atomic E-state index is 4.26. The second kappa shape index (κ2) is 5.07. The van der Waals surface area contributed by atoms with Crippen LogP contribution in [-0.4, -0.2) is 15.8 Å². The molecule has 1 aromatic heterocycles. The van der Waals surface area contributed by atoms with Crippen LogP contribution in [0.5, 0.6) is 0 Å². The molecule has 0 saturated carbocycles. The van der Waals surface area contributed by atoms with Crippen molar-refractivity contribution in [3.05, 3.63) is 42.5 Å². The number of thioether (sulfide) groups is 1. The van der Waals surface area contributed by atoms with Crippen LogP contribution >= 0.6 is 11.8 Å². The van der Waals surface area contributed by atoms with Crippen LogP contribution in [0.2, 0.25) is 0 Å². The van der Waals surface area contributed by atoms with Gasteiger partial charge in [-0.2, -0.15) is 0 Å². The van der Waals surface area contributed by atoms with Gasteiger partial charge in [0.05, 0.1) is 6.54 Å². The second-order valence-corrected chi connectivity index (χ2v) is 4.42. The molecule has 2 aromatic rings. The topological polar surface area (TPSA) is 29.9 Å². The number of hydrogen-bond acceptors (Lipinski definition) is 3. The number of imidazole rings is 1. The summed E-state index contributed by atoms with van der Waals surface area (Å²) in [7, 11) is 2.00. The molecule has 4 heteroatoms. The van der Waals surface area contributed by atoms with E-state index in [-0.39, 0.29) is 0 Å². The Bertz CT molecular complexity index is 448. The average molecular weight is 233 g/mol. The lowest BCUT2D eigenvalue weighted by Crippen LogP contribution is -2.05. The summed E-state index contributed by atoms with van der Waals surface area (Å²) in [6, 6.07) is 8.42. The van der Waals surface area contributed by atoms with Gasteiger partial charge in [-0.05, 0) is 30.5 Å². The fourth-order valence-electron chi connectivity index (χ4n) is 1.46. The van der Waals surface area contributed by atoms with Gasteiger partial charge in [0.15, 0.2) is 0 Å². The lowest BCUT2D eigenvalue weighted by atomic mass is 10.3. The van der Waals surface area contributed by atoms with E-state index < -0.39 is 0 Å². The first-order valence-corrected chi connectivity index (χ1v) is 6.36. The van der Waals surface area contributed by atoms with Gasteiger partial charge in [-0.15, -0.1) is 11.8 Å². The van der Waals surface area contributed by atoms with Gasteiger partial charge in [0.25, 0.3) is 0 Å². The Morgan fingerprint density at radius 2 is 2.06 bits per heavy atom. The molecule has 0 aliphatic heterocycles. The third-order valence-electron chi connectivity index (χ3n) is 2.46. The summed E-state index contributed by atoms with van der Waals surface area (Å²) < 4.78 is 2.02. The zero-order valence-electron chi connectivity index (χ0n) is 9.47. The van der Waals surface area contributed by atoms with Crippen molar-refractivity contribution in [2.75, 3.05) is 11.6 Å². The first-order chi connectivity index (χ1) is 7.79. The van der Waals surface area contributed by atoms with E-state index in [1.54, 1.807) is 11.8 Å². The molecule has 84 valence electrons. The fourth-order valence-corrected chi connectivity index (χ4v) is 1.87. The quantitative estimate of drug-likeness (QED) is 0.824. The van der Waals surface area contributed by atoms with Gasteiger partial charge in [-0.1, -0.05) is 0 Å². The molecule has 1 N–H and O–H groups in total. The van der Waals surface area contributed by atoms with Crippen LogP contribution in [0.25, 0.3) is 0 Å². The Labute approximate surface area is 99.9 Å². The van der Waals surface area contributed by atoms with Gasteiger partial charge < -0.3 is 9.88 Å². The van der Waals surface area contributed by atoms with Crippen molar-refractivity contribution >= 4 is 17.4 Å². The Balaban J connectivity index is 1.97. The molecular formula is C12H15N3S. The van der Waals surface area contributed by atoms with E-state index in [9.17, 15) is 0 Å². The van der Waals surface area contributed by atoms with E-state index in [2.05, 4.69) is 40.8 Å². The first-order valence-electron chi connectivity index (χ1n) is 5.14. The van der Waals surface area contributed by atoms with Crippen LogP contribution in [0.15, 0.2) is 41.6 Å². The molecule has 0 spiro atoms. The van der Waals surface area contributed by atoms with Crippen LogP contribution in [0.4, 0.5) is 5.69 Å². The molecule has 0 aliphatic rings. The number of hydrogen-bond donors (Lipinski definition) is 1. The zero-order chi connectivity index (χ0) is 11.4. The minimum Gasteiger partial charge on any atom is -0.378 e. The summed E-state index contributed by atoms with van der Waals surface area (Å²) >= 11 is 1.75. The third-order valence-corrected chi connectivity index (χ3v) is 3.21. The van der Waals surface area contributed by atoms with Gasteiger partial charge in [0.1, 0.15) is 5.82 Å². The average Bonchev–Trinajstić information content (AvgIpc) is 2.73. The predicted molar refractivity (Wildman–Crippen MR) is 68.8 cm³/mol. The maximum atomic E-state index is 4.26. The fraction of sp³-hybridized carbons (Fsp3) is 0.250. The highest BCUT2D eigenvalue weighted by Gasteiger charge is 1.98. The highest BCUT2D eigenvalue weighted by atomic mass is 32.2. The minimum absolute atomic E-state index is 0.752. The largest absolute Gasteiger partial charge is 0.378 e. The lowest BCUT2D eigenvalue weighted by Gasteiger charge is -2.06. The summed E-state index contributed by atoms with van der Waals surface area (Å²) in [5.74, 6) is 1.04. The van der Waals surface area contributed by atoms with Gasteiger partial charge >= 0.3 is 0 Å². The molecule has 0 bridgehead atoms. The predicted octanol–water partition coefficient (Wildman–Crippen LogP) is 2.75. The Morgan fingerprint density at radius 3 is 2.62 bits per heavy atom. The SMILES string of the molecule is CSc1ccc(NCc2nccn2C)cc1. The molecule has 3 nitrogen and oxygen atoms in total. The summed E-state index contributed by atoms with van der Waals surface area (Å²) in [6.45, 7) is 0.752. The molecule has 0 aliphatic carbocycles. The number of anilines is 1. The summed E-state index contributed by atoms with van der Waals surface area (Å²) in [5, 5.41) is 3.35. The number of rotatable bonds is 4. The molecule has 0 atom stereocenters. The molecular weight excluding hydrogens is 218 g/mol. The molecule has 0 fully saturated rings. The van der Waals surface area contributed by atoms with Gasteiger partial charge in [-0.3, -0.25) is 0 Å². The number of nitrogens with one attached hydrogen (secondary N) is 1. The zero-order valence-corrected chi connectivity index (χ0v) is 10.3. The number of aryl methyl sites for hydroxylation is 1. The van der Waals surface area contributed by atoms with Crippen molar-refractivity contribution in [1.29, 1.82) is 0 Å². The Kier molecular flexibility index (Phi) is 3.51. The minimum atomic E-state index is 0.752. The van der Waals surface area contributed by atoms with Crippen molar-refractivity contribution in [2.45, 2.75) is 11.4 Å². The van der Waals surface area contributed by atoms with E-state index in [1.165, 1.54) is 4.90 Å².